The van der Waals surface area contributed by atoms with Gasteiger partial charge in [0.1, 0.15) is 11.4 Å². The second kappa shape index (κ2) is 10.2. The maximum Gasteiger partial charge on any atom is 0.339 e. The number of carbonyl (C=O) groups excluding carboxylic acids is 2. The zero-order chi connectivity index (χ0) is 16.0. The molecule has 23 heavy (non-hydrogen) atoms. The predicted molar refractivity (Wildman–Crippen MR) is 69.8 cm³/mol. The number of nitro benzene ring substituents is 1. The van der Waals surface area contributed by atoms with Crippen LogP contribution in [0.1, 0.15) is 22.8 Å². The van der Waals surface area contributed by atoms with Crippen molar-refractivity contribution in [3.8, 4) is 0 Å². The molecular formula is C12H13F4NO6. The van der Waals surface area contributed by atoms with Crippen LogP contribution < -0.4 is 0 Å². The van der Waals surface area contributed by atoms with E-state index in [1.165, 1.54) is 0 Å². The number of benzene rings is 1. The molecule has 0 saturated heterocycles. The Morgan fingerprint density at radius 2 is 1.91 bits per heavy atom. The summed E-state index contributed by atoms with van der Waals surface area (Å²) in [6.07, 6.45) is -0.292. The first-order valence-corrected chi connectivity index (χ1v) is 5.71. The van der Waals surface area contributed by atoms with Crippen LogP contribution in [0.5, 0.6) is 0 Å². The minimum absolute atomic E-state index is 0. The van der Waals surface area contributed by atoms with E-state index in [-0.39, 0.29) is 22.4 Å². The lowest BCUT2D eigenvalue weighted by molar-refractivity contribution is -0.385. The lowest BCUT2D eigenvalue weighted by atomic mass is 10.0. The molecule has 0 radical (unpaired) electrons. The Labute approximate surface area is 127 Å². The molecule has 7 nitrogen and oxygen atoms in total. The topological polar surface area (TPSA) is 95.7 Å². The average Bonchev–Trinajstić information content (AvgIpc) is 2.38. The first-order chi connectivity index (χ1) is 9.84. The maximum absolute atomic E-state index is 13.6. The molecular weight excluding hydrogens is 330 g/mol. The van der Waals surface area contributed by atoms with E-state index in [4.69, 9.17) is 4.74 Å². The molecule has 0 saturated carbocycles. The Balaban J connectivity index is 0. The van der Waals surface area contributed by atoms with Gasteiger partial charge in [-0.15, -0.1) is 0 Å². The Morgan fingerprint density at radius 1 is 1.30 bits per heavy atom. The van der Waals surface area contributed by atoms with E-state index in [0.29, 0.717) is 6.07 Å². The first kappa shape index (κ1) is 22.7. The molecule has 0 fully saturated rings. The Kier molecular flexibility index (Phi) is 10.1. The molecule has 1 rings (SSSR count). The summed E-state index contributed by atoms with van der Waals surface area (Å²) in [7, 11) is 0. The summed E-state index contributed by atoms with van der Waals surface area (Å²) in [5.41, 5.74) is -2.21. The van der Waals surface area contributed by atoms with Gasteiger partial charge >= 0.3 is 12.0 Å². The summed E-state index contributed by atoms with van der Waals surface area (Å²) < 4.78 is 35.8. The quantitative estimate of drug-likeness (QED) is 0.143. The van der Waals surface area contributed by atoms with E-state index < -0.39 is 46.4 Å². The van der Waals surface area contributed by atoms with Crippen molar-refractivity contribution in [2.75, 3.05) is 13.4 Å². The Morgan fingerprint density at radius 3 is 2.39 bits per heavy atom. The van der Waals surface area contributed by atoms with Crippen LogP contribution in [0.4, 0.5) is 23.9 Å². The van der Waals surface area contributed by atoms with Crippen LogP contribution >= 0.6 is 0 Å². The highest BCUT2D eigenvalue weighted by Crippen LogP contribution is 2.26. The summed E-state index contributed by atoms with van der Waals surface area (Å²) in [5.74, 6) is -1.55. The summed E-state index contributed by atoms with van der Waals surface area (Å²) in [5, 5.41) is 10.7. The van der Waals surface area contributed by atoms with Gasteiger partial charge in [-0.2, -0.15) is 4.39 Å². The van der Waals surface area contributed by atoms with Crippen LogP contribution in [0.25, 0.3) is 0 Å². The molecule has 0 aromatic heterocycles. The zero-order valence-corrected chi connectivity index (χ0v) is 11.7. The largest absolute Gasteiger partial charge is 0.439 e. The third-order valence-electron chi connectivity index (χ3n) is 2.47. The summed E-state index contributed by atoms with van der Waals surface area (Å²) in [6.45, 7) is 0.542. The van der Waals surface area contributed by atoms with Crippen molar-refractivity contribution in [1.29, 1.82) is 0 Å². The molecule has 1 aromatic carbocycles. The van der Waals surface area contributed by atoms with Crippen molar-refractivity contribution >= 4 is 17.7 Å². The number of ether oxygens (including phenoxy) is 2. The van der Waals surface area contributed by atoms with Crippen molar-refractivity contribution in [2.24, 2.45) is 0 Å². The molecule has 0 N–H and O–H groups in total. The molecule has 0 aliphatic rings. The Hall–Kier alpha value is -2.56. The number of nitrogens with zero attached hydrogens (tertiary/aromatic N) is 1. The average molecular weight is 343 g/mol. The molecule has 0 spiro atoms. The van der Waals surface area contributed by atoms with Gasteiger partial charge in [0.2, 0.25) is 0 Å². The number of hydrogen-bond acceptors (Lipinski definition) is 6. The molecule has 0 bridgehead atoms. The highest BCUT2D eigenvalue weighted by Gasteiger charge is 2.26. The summed E-state index contributed by atoms with van der Waals surface area (Å²) in [6, 6.07) is -0.617. The smallest absolute Gasteiger partial charge is 0.339 e. The number of halogens is 4. The number of rotatable bonds is 7. The second-order valence-corrected chi connectivity index (χ2v) is 3.86. The molecule has 0 heterocycles. The second-order valence-electron chi connectivity index (χ2n) is 3.86. The minimum atomic E-state index is -2.10. The van der Waals surface area contributed by atoms with E-state index >= 15 is 0 Å². The maximum atomic E-state index is 13.6. The van der Waals surface area contributed by atoms with E-state index in [2.05, 4.69) is 4.74 Å². The van der Waals surface area contributed by atoms with Gasteiger partial charge in [0.25, 0.3) is 5.69 Å². The zero-order valence-electron chi connectivity index (χ0n) is 11.7. The monoisotopic (exact) mass is 343 g/mol. The van der Waals surface area contributed by atoms with Crippen molar-refractivity contribution in [3.05, 3.63) is 39.2 Å². The molecule has 0 aliphatic heterocycles. The number of hydrogen-bond donors (Lipinski definition) is 0. The number of carbonyl (C=O) groups is 2. The van der Waals surface area contributed by atoms with Crippen LogP contribution in [0.3, 0.4) is 0 Å². The highest BCUT2D eigenvalue weighted by molar-refractivity contribution is 5.94. The van der Waals surface area contributed by atoms with Gasteiger partial charge in [0.05, 0.1) is 11.5 Å². The first-order valence-electron chi connectivity index (χ1n) is 5.71. The van der Waals surface area contributed by atoms with E-state index in [1.807, 2.05) is 0 Å². The van der Waals surface area contributed by atoms with Crippen molar-refractivity contribution in [3.63, 3.8) is 0 Å². The van der Waals surface area contributed by atoms with Gasteiger partial charge in [-0.05, 0) is 12.5 Å². The van der Waals surface area contributed by atoms with E-state index in [1.54, 1.807) is 0 Å². The number of nitro groups is 1. The molecule has 0 unspecified atom stereocenters. The van der Waals surface area contributed by atoms with Gasteiger partial charge in [0.15, 0.2) is 6.79 Å². The highest BCUT2D eigenvalue weighted by atomic mass is 19.1. The lowest BCUT2D eigenvalue weighted by Crippen LogP contribution is -2.11. The van der Waals surface area contributed by atoms with Crippen LogP contribution in [-0.4, -0.2) is 30.3 Å². The van der Waals surface area contributed by atoms with Gasteiger partial charge < -0.3 is 9.47 Å². The predicted octanol–water partition coefficient (Wildman–Crippen LogP) is 2.23. The van der Waals surface area contributed by atoms with Crippen molar-refractivity contribution in [1.82, 2.24) is 0 Å². The van der Waals surface area contributed by atoms with E-state index in [9.17, 15) is 28.5 Å². The van der Waals surface area contributed by atoms with Crippen LogP contribution in [-0.2, 0) is 20.7 Å². The van der Waals surface area contributed by atoms with Crippen molar-refractivity contribution in [2.45, 2.75) is 13.3 Å². The van der Waals surface area contributed by atoms with Gasteiger partial charge in [-0.3, -0.25) is 29.1 Å². The van der Waals surface area contributed by atoms with Crippen LogP contribution in [0, 0.1) is 15.9 Å². The minimum Gasteiger partial charge on any atom is -0.439 e. The summed E-state index contributed by atoms with van der Waals surface area (Å²) in [4.78, 5) is 31.1. The third-order valence-corrected chi connectivity index (χ3v) is 2.47. The van der Waals surface area contributed by atoms with Crippen LogP contribution in [0.2, 0.25) is 0 Å². The van der Waals surface area contributed by atoms with Crippen molar-refractivity contribution < 1.29 is 42.2 Å². The number of esters is 1. The van der Waals surface area contributed by atoms with Gasteiger partial charge in [-0.25, -0.2) is 4.39 Å². The molecule has 11 heteroatoms. The molecule has 130 valence electrons. The van der Waals surface area contributed by atoms with Crippen LogP contribution in [0.15, 0.2) is 12.1 Å². The SMILES string of the molecule is CC(=O)OCOCCc1c(F)ccc([N+](=O)[O-])c1C(=O)F.F.F. The normalized spacial score (nSPS) is 9.35. The fourth-order valence-electron chi connectivity index (χ4n) is 1.58. The van der Waals surface area contributed by atoms with Gasteiger partial charge in [0, 0.05) is 18.6 Å². The molecule has 0 aliphatic carbocycles. The lowest BCUT2D eigenvalue weighted by Gasteiger charge is -2.08. The molecule has 0 amide bonds. The molecule has 1 aromatic rings. The molecule has 0 atom stereocenters. The standard InChI is InChI=1S/C12H11F2NO6.2FH/c1-7(16)21-6-20-5-4-8-9(13)2-3-10(15(18)19)11(8)12(14)17;;/h2-3H,4-6H2,1H3;2*1H. The Bertz CT molecular complexity index is 581. The summed E-state index contributed by atoms with van der Waals surface area (Å²) >= 11 is 0. The third kappa shape index (κ3) is 6.38. The van der Waals surface area contributed by atoms with E-state index in [0.717, 1.165) is 13.0 Å². The fourth-order valence-corrected chi connectivity index (χ4v) is 1.58. The van der Waals surface area contributed by atoms with Gasteiger partial charge in [-0.1, -0.05) is 0 Å². The fraction of sp³-hybridized carbons (Fsp3) is 0.333.